The molecule has 0 aliphatic heterocycles. The number of nitrogens with zero attached hydrogens (tertiary/aromatic N) is 2. The maximum atomic E-state index is 13.3. The molecule has 0 aliphatic rings. The quantitative estimate of drug-likeness (QED) is 0.333. The van der Waals surface area contributed by atoms with Crippen LogP contribution >= 0.6 is 0 Å². The van der Waals surface area contributed by atoms with Gasteiger partial charge in [-0.1, -0.05) is 42.0 Å². The summed E-state index contributed by atoms with van der Waals surface area (Å²) < 4.78 is 39.2. The summed E-state index contributed by atoms with van der Waals surface area (Å²) in [6, 6.07) is 18.8. The van der Waals surface area contributed by atoms with E-state index >= 15 is 0 Å². The lowest BCUT2D eigenvalue weighted by atomic mass is 10.1. The zero-order valence-electron chi connectivity index (χ0n) is 21.5. The number of pyridine rings is 2. The fourth-order valence-electron chi connectivity index (χ4n) is 4.07. The van der Waals surface area contributed by atoms with Gasteiger partial charge in [-0.3, -0.25) is 4.79 Å². The van der Waals surface area contributed by atoms with E-state index in [1.807, 2.05) is 61.9 Å². The fourth-order valence-corrected chi connectivity index (χ4v) is 5.02. The van der Waals surface area contributed by atoms with Crippen LogP contribution in [0.1, 0.15) is 32.6 Å². The molecule has 196 valence electrons. The number of aryl methyl sites for hydroxylation is 3. The fraction of sp³-hybridized carbons (Fsp3) is 0.179. The van der Waals surface area contributed by atoms with Gasteiger partial charge in [0, 0.05) is 12.7 Å². The Bertz CT molecular complexity index is 1600. The van der Waals surface area contributed by atoms with Gasteiger partial charge in [-0.15, -0.1) is 0 Å². The van der Waals surface area contributed by atoms with Crippen molar-refractivity contribution in [2.45, 2.75) is 32.4 Å². The van der Waals surface area contributed by atoms with Crippen molar-refractivity contribution < 1.29 is 22.7 Å². The summed E-state index contributed by atoms with van der Waals surface area (Å²) in [4.78, 5) is 21.7. The third-order valence-corrected chi connectivity index (χ3v) is 6.92. The third kappa shape index (κ3) is 5.99. The Morgan fingerprint density at radius 2 is 1.66 bits per heavy atom. The molecule has 2 aromatic carbocycles. The summed E-state index contributed by atoms with van der Waals surface area (Å²) in [5.74, 6) is -0.416. The van der Waals surface area contributed by atoms with Gasteiger partial charge in [-0.2, -0.15) is 8.42 Å². The Balaban J connectivity index is 1.78. The van der Waals surface area contributed by atoms with Crippen LogP contribution in [0.5, 0.6) is 11.6 Å². The van der Waals surface area contributed by atoms with Crippen LogP contribution in [0.25, 0.3) is 11.3 Å². The van der Waals surface area contributed by atoms with Gasteiger partial charge in [-0.25, -0.2) is 14.7 Å². The van der Waals surface area contributed by atoms with Crippen molar-refractivity contribution >= 4 is 21.7 Å². The van der Waals surface area contributed by atoms with Crippen LogP contribution in [0.2, 0.25) is 0 Å². The van der Waals surface area contributed by atoms with Crippen LogP contribution in [0.15, 0.2) is 71.8 Å². The maximum Gasteiger partial charge on any atom is 0.281 e. The highest BCUT2D eigenvalue weighted by Gasteiger charge is 2.25. The minimum Gasteiger partial charge on any atom is -0.438 e. The Kier molecular flexibility index (Phi) is 7.75. The Morgan fingerprint density at radius 1 is 0.947 bits per heavy atom. The number of ether oxygens (including phenoxy) is 2. The first-order valence-corrected chi connectivity index (χ1v) is 13.2. The van der Waals surface area contributed by atoms with E-state index in [0.29, 0.717) is 18.1 Å². The number of hydrogen-bond donors (Lipinski definition) is 2. The zero-order chi connectivity index (χ0) is 27.4. The van der Waals surface area contributed by atoms with Crippen LogP contribution in [0, 0.1) is 20.8 Å². The number of nitrogen functional groups attached to an aromatic ring is 1. The number of amides is 1. The van der Waals surface area contributed by atoms with Gasteiger partial charge >= 0.3 is 0 Å². The summed E-state index contributed by atoms with van der Waals surface area (Å²) in [6.45, 7) is 6.19. The predicted octanol–water partition coefficient (Wildman–Crippen LogP) is 4.71. The van der Waals surface area contributed by atoms with Crippen molar-refractivity contribution in [2.75, 3.05) is 12.8 Å². The predicted molar refractivity (Wildman–Crippen MR) is 144 cm³/mol. The molecular formula is C28H28N4O5S. The molecule has 0 bridgehead atoms. The number of aromatic nitrogens is 2. The van der Waals surface area contributed by atoms with Gasteiger partial charge in [0.15, 0.2) is 5.03 Å². The van der Waals surface area contributed by atoms with Crippen molar-refractivity contribution in [1.82, 2.24) is 14.7 Å². The molecule has 1 amide bonds. The molecule has 0 spiro atoms. The standard InChI is InChI=1S/C28H28N4O5S/c1-17-13-18(2)26(19(3)14-17)37-28-22(27(33)32-38(34,35)25-10-6-9-24(29)31-25)11-12-23(30-28)21-8-5-7-20(15-21)16-36-4/h5-15H,16H2,1-4H3,(H2,29,31)(H,32,33). The number of nitrogens with one attached hydrogen (secondary N) is 1. The average molecular weight is 533 g/mol. The van der Waals surface area contributed by atoms with E-state index in [1.54, 1.807) is 13.2 Å². The van der Waals surface area contributed by atoms with Crippen LogP contribution in [-0.2, 0) is 21.4 Å². The number of hydrogen-bond acceptors (Lipinski definition) is 8. The molecule has 0 radical (unpaired) electrons. The normalized spacial score (nSPS) is 11.3. The third-order valence-electron chi connectivity index (χ3n) is 5.69. The van der Waals surface area contributed by atoms with E-state index in [-0.39, 0.29) is 22.3 Å². The number of methoxy groups -OCH3 is 1. The highest BCUT2D eigenvalue weighted by atomic mass is 32.2. The second kappa shape index (κ2) is 11.0. The SMILES string of the molecule is COCc1cccc(-c2ccc(C(=O)NS(=O)(=O)c3cccc(N)n3)c(Oc3c(C)cc(C)cc3C)n2)c1. The Hall–Kier alpha value is -4.28. The topological polar surface area (TPSA) is 134 Å². The molecule has 0 fully saturated rings. The van der Waals surface area contributed by atoms with Gasteiger partial charge in [0.05, 0.1) is 12.3 Å². The van der Waals surface area contributed by atoms with Gasteiger partial charge in [0.1, 0.15) is 17.1 Å². The highest BCUT2D eigenvalue weighted by Crippen LogP contribution is 2.33. The summed E-state index contributed by atoms with van der Waals surface area (Å²) in [5, 5.41) is -0.377. The highest BCUT2D eigenvalue weighted by molar-refractivity contribution is 7.90. The molecular weight excluding hydrogens is 504 g/mol. The van der Waals surface area contributed by atoms with Crippen LogP contribution in [0.4, 0.5) is 5.82 Å². The number of anilines is 1. The number of carbonyl (C=O) groups excluding carboxylic acids is 1. The van der Waals surface area contributed by atoms with E-state index < -0.39 is 15.9 Å². The largest absolute Gasteiger partial charge is 0.438 e. The molecule has 2 aromatic heterocycles. The molecule has 0 atom stereocenters. The minimum atomic E-state index is -4.30. The number of nitrogens with two attached hydrogens (primary N) is 1. The number of carbonyl (C=O) groups is 1. The molecule has 0 saturated heterocycles. The molecule has 9 nitrogen and oxygen atoms in total. The lowest BCUT2D eigenvalue weighted by Crippen LogP contribution is -2.31. The number of benzene rings is 2. The van der Waals surface area contributed by atoms with E-state index in [1.165, 1.54) is 24.3 Å². The molecule has 0 aliphatic carbocycles. The van der Waals surface area contributed by atoms with E-state index in [2.05, 4.69) is 9.97 Å². The summed E-state index contributed by atoms with van der Waals surface area (Å²) in [7, 11) is -2.69. The van der Waals surface area contributed by atoms with Crippen LogP contribution < -0.4 is 15.2 Å². The van der Waals surface area contributed by atoms with Crippen molar-refractivity contribution in [3.8, 4) is 22.9 Å². The molecule has 2 heterocycles. The second-order valence-electron chi connectivity index (χ2n) is 8.85. The Morgan fingerprint density at radius 3 is 2.34 bits per heavy atom. The summed E-state index contributed by atoms with van der Waals surface area (Å²) >= 11 is 0. The van der Waals surface area contributed by atoms with Gasteiger partial charge < -0.3 is 15.2 Å². The van der Waals surface area contributed by atoms with Crippen molar-refractivity contribution in [3.63, 3.8) is 0 Å². The smallest absolute Gasteiger partial charge is 0.281 e. The van der Waals surface area contributed by atoms with Crippen molar-refractivity contribution in [1.29, 1.82) is 0 Å². The average Bonchev–Trinajstić information content (AvgIpc) is 2.86. The molecule has 3 N–H and O–H groups in total. The number of rotatable bonds is 8. The van der Waals surface area contributed by atoms with Gasteiger partial charge in [-0.05, 0) is 67.8 Å². The Labute approximate surface area is 221 Å². The van der Waals surface area contributed by atoms with Gasteiger partial charge in [0.25, 0.3) is 15.9 Å². The van der Waals surface area contributed by atoms with E-state index in [9.17, 15) is 13.2 Å². The van der Waals surface area contributed by atoms with Crippen LogP contribution in [0.3, 0.4) is 0 Å². The molecule has 0 saturated carbocycles. The van der Waals surface area contributed by atoms with Crippen molar-refractivity contribution in [2.24, 2.45) is 0 Å². The molecule has 10 heteroatoms. The van der Waals surface area contributed by atoms with Crippen molar-refractivity contribution in [3.05, 3.63) is 94.5 Å². The first kappa shape index (κ1) is 26.8. The zero-order valence-corrected chi connectivity index (χ0v) is 22.3. The molecule has 0 unspecified atom stereocenters. The molecule has 4 aromatic rings. The summed E-state index contributed by atoms with van der Waals surface area (Å²) in [6.07, 6.45) is 0. The maximum absolute atomic E-state index is 13.3. The number of sulfonamides is 1. The monoisotopic (exact) mass is 532 g/mol. The van der Waals surface area contributed by atoms with Gasteiger partial charge in [0.2, 0.25) is 5.88 Å². The van der Waals surface area contributed by atoms with Crippen LogP contribution in [-0.4, -0.2) is 31.4 Å². The van der Waals surface area contributed by atoms with E-state index in [0.717, 1.165) is 27.8 Å². The first-order valence-electron chi connectivity index (χ1n) is 11.7. The lowest BCUT2D eigenvalue weighted by Gasteiger charge is -2.16. The first-order chi connectivity index (χ1) is 18.1. The molecule has 38 heavy (non-hydrogen) atoms. The second-order valence-corrected chi connectivity index (χ2v) is 10.5. The molecule has 4 rings (SSSR count). The summed E-state index contributed by atoms with van der Waals surface area (Å²) in [5.41, 5.74) is 10.6. The van der Waals surface area contributed by atoms with E-state index in [4.69, 9.17) is 15.2 Å². The minimum absolute atomic E-state index is 0.0105. The lowest BCUT2D eigenvalue weighted by molar-refractivity contribution is 0.0978.